The Hall–Kier alpha value is -7.52. The number of nitro benzene ring substituents is 1. The molecule has 16 nitrogen and oxygen atoms in total. The Morgan fingerprint density at radius 3 is 1.36 bits per heavy atom. The average molecular weight is 898 g/mol. The number of nitrogen functional groups attached to an aromatic ring is 1. The van der Waals surface area contributed by atoms with Gasteiger partial charge in [-0.05, 0) is 65.4 Å². The van der Waals surface area contributed by atoms with Gasteiger partial charge in [-0.25, -0.2) is 36.3 Å². The second-order valence-electron chi connectivity index (χ2n) is 15.6. The summed E-state index contributed by atoms with van der Waals surface area (Å²) >= 11 is 0. The Labute approximate surface area is 353 Å². The van der Waals surface area contributed by atoms with Crippen LogP contribution in [0.25, 0.3) is 32.7 Å². The number of carbonyl (C=O) groups is 3. The van der Waals surface area contributed by atoms with Crippen LogP contribution in [0.15, 0.2) is 39.0 Å². The lowest BCUT2D eigenvalue weighted by atomic mass is 10.0. The van der Waals surface area contributed by atoms with Crippen LogP contribution in [0, 0.1) is 65.8 Å². The van der Waals surface area contributed by atoms with Crippen molar-refractivity contribution < 1.29 is 61.0 Å². The van der Waals surface area contributed by atoms with Gasteiger partial charge in [0.05, 0.1) is 32.5 Å². The summed E-state index contributed by atoms with van der Waals surface area (Å²) in [6.07, 6.45) is 8.00. The summed E-state index contributed by atoms with van der Waals surface area (Å²) in [4.78, 5) is 80.1. The van der Waals surface area contributed by atoms with Crippen molar-refractivity contribution in [2.45, 2.75) is 77.4 Å². The minimum Gasteiger partial charge on any atom is -0.477 e. The summed E-state index contributed by atoms with van der Waals surface area (Å²) in [5.74, 6) is -12.1. The maximum atomic E-state index is 14.0. The first-order chi connectivity index (χ1) is 30.0. The van der Waals surface area contributed by atoms with Gasteiger partial charge in [-0.2, -0.15) is 4.39 Å². The summed E-state index contributed by atoms with van der Waals surface area (Å²) in [6.45, 7) is 3.93. The van der Waals surface area contributed by atoms with Crippen LogP contribution in [-0.2, 0) is 0 Å². The van der Waals surface area contributed by atoms with Crippen molar-refractivity contribution in [3.63, 3.8) is 0 Å². The van der Waals surface area contributed by atoms with Crippen molar-refractivity contribution >= 4 is 62.0 Å². The lowest BCUT2D eigenvalue weighted by Gasteiger charge is -2.16. The summed E-state index contributed by atoms with van der Waals surface area (Å²) < 4.78 is 87.3. The zero-order chi connectivity index (χ0) is 47.1. The molecule has 9 rings (SSSR count). The molecule has 3 aromatic heterocycles. The number of hydrogen-bond acceptors (Lipinski definition) is 9. The van der Waals surface area contributed by atoms with Gasteiger partial charge in [-0.1, -0.05) is 0 Å². The van der Waals surface area contributed by atoms with E-state index in [0.29, 0.717) is 12.8 Å². The number of nitro groups is 1. The van der Waals surface area contributed by atoms with Crippen LogP contribution >= 0.6 is 0 Å². The molecule has 3 saturated carbocycles. The number of halogens is 6. The van der Waals surface area contributed by atoms with E-state index >= 15 is 0 Å². The SMILES string of the molecule is Cc1c(F)c(F)c(N)c2c(=O)c(C(=O)O)cn(C3CC3)c12.Cc1c(F)c(F)c([N+](=O)[O-])c2c(=O)c(C(=O)O)cn(C3CC3)c12.Cc1c(F)c(F)cc2c(=O)c(C(=O)O)cn(C3CC3)c12. The number of aromatic nitrogens is 3. The van der Waals surface area contributed by atoms with Crippen LogP contribution in [0.5, 0.6) is 0 Å². The van der Waals surface area contributed by atoms with E-state index in [1.165, 1.54) is 42.3 Å². The van der Waals surface area contributed by atoms with Gasteiger partial charge in [-0.15, -0.1) is 0 Å². The summed E-state index contributed by atoms with van der Waals surface area (Å²) in [5, 5.41) is 37.4. The molecule has 5 N–H and O–H groups in total. The highest BCUT2D eigenvalue weighted by molar-refractivity contribution is 5.99. The van der Waals surface area contributed by atoms with Crippen molar-refractivity contribution in [1.82, 2.24) is 13.7 Å². The van der Waals surface area contributed by atoms with Gasteiger partial charge >= 0.3 is 23.6 Å². The normalized spacial score (nSPS) is 14.5. The van der Waals surface area contributed by atoms with Gasteiger partial charge in [-0.3, -0.25) is 24.5 Å². The fourth-order valence-corrected chi connectivity index (χ4v) is 7.69. The Bertz CT molecular complexity index is 3300. The number of aromatic carboxylic acids is 3. The molecule has 0 amide bonds. The first kappa shape index (κ1) is 44.5. The minimum absolute atomic E-state index is 0.0193. The van der Waals surface area contributed by atoms with Crippen LogP contribution in [0.2, 0.25) is 0 Å². The number of pyridine rings is 3. The summed E-state index contributed by atoms with van der Waals surface area (Å²) in [7, 11) is 0. The van der Waals surface area contributed by atoms with Crippen LogP contribution in [0.1, 0.15) is 104 Å². The fraction of sp³-hybridized carbons (Fsp3) is 0.286. The molecule has 0 radical (unpaired) electrons. The zero-order valence-corrected chi connectivity index (χ0v) is 33.5. The second-order valence-corrected chi connectivity index (χ2v) is 15.6. The number of rotatable bonds is 7. The van der Waals surface area contributed by atoms with Gasteiger partial charge in [0.1, 0.15) is 22.1 Å². The number of nitrogens with zero attached hydrogens (tertiary/aromatic N) is 4. The van der Waals surface area contributed by atoms with Gasteiger partial charge in [0.25, 0.3) is 0 Å². The molecule has 0 spiro atoms. The lowest BCUT2D eigenvalue weighted by Crippen LogP contribution is -2.21. The van der Waals surface area contributed by atoms with E-state index in [0.717, 1.165) is 37.9 Å². The van der Waals surface area contributed by atoms with E-state index in [1.807, 2.05) is 0 Å². The quantitative estimate of drug-likeness (QED) is 0.0532. The van der Waals surface area contributed by atoms with Crippen LogP contribution < -0.4 is 22.0 Å². The topological polar surface area (TPSA) is 247 Å². The highest BCUT2D eigenvalue weighted by atomic mass is 19.2. The first-order valence-corrected chi connectivity index (χ1v) is 19.3. The van der Waals surface area contributed by atoms with E-state index in [-0.39, 0.29) is 62.1 Å². The van der Waals surface area contributed by atoms with Crippen molar-refractivity contribution in [3.05, 3.63) is 134 Å². The fourth-order valence-electron chi connectivity index (χ4n) is 7.69. The average Bonchev–Trinajstić information content (AvgIpc) is 4.07. The van der Waals surface area contributed by atoms with E-state index < -0.39 is 107 Å². The molecule has 0 saturated heterocycles. The molecule has 22 heteroatoms. The number of carboxylic acid groups (broad SMARTS) is 3. The summed E-state index contributed by atoms with van der Waals surface area (Å²) in [6, 6.07) is 0.610. The van der Waals surface area contributed by atoms with Crippen molar-refractivity contribution in [1.29, 1.82) is 0 Å². The number of benzene rings is 3. The van der Waals surface area contributed by atoms with E-state index in [4.69, 9.17) is 21.1 Å². The molecule has 64 heavy (non-hydrogen) atoms. The second kappa shape index (κ2) is 16.0. The minimum atomic E-state index is -1.76. The molecule has 0 bridgehead atoms. The molecule has 334 valence electrons. The van der Waals surface area contributed by atoms with E-state index in [1.54, 1.807) is 4.57 Å². The molecule has 3 heterocycles. The third-order valence-electron chi connectivity index (χ3n) is 11.3. The standard InChI is InChI=1S/C14H10F2N2O5.C14H12F2N2O3.C14H11F2NO3/c1-5-9(15)10(16)12(18(22)23)8-11(5)17(6-2-3-6)4-7(13(8)19)14(20)21;1-5-9(15)10(16)11(17)8-12(5)18(6-2-3-6)4-7(13(8)19)14(20)21;1-6-11(16)10(15)4-8-12(6)17(7-2-3-7)5-9(13(8)18)14(19)20/h4,6H,2-3H2,1H3,(H,20,21);4,6H,2-3,17H2,1H3,(H,20,21);4-5,7H,2-3H2,1H3,(H,19,20). The third kappa shape index (κ3) is 7.36. The maximum absolute atomic E-state index is 14.0. The molecule has 0 aliphatic heterocycles. The number of carboxylic acids is 3. The Kier molecular flexibility index (Phi) is 11.1. The molecule has 3 fully saturated rings. The predicted molar refractivity (Wildman–Crippen MR) is 215 cm³/mol. The predicted octanol–water partition coefficient (Wildman–Crippen LogP) is 7.35. The highest BCUT2D eigenvalue weighted by Gasteiger charge is 2.36. The van der Waals surface area contributed by atoms with E-state index in [9.17, 15) is 65.2 Å². The Morgan fingerprint density at radius 1 is 0.594 bits per heavy atom. The van der Waals surface area contributed by atoms with Crippen molar-refractivity contribution in [2.75, 3.05) is 5.73 Å². The zero-order valence-electron chi connectivity index (χ0n) is 33.5. The Morgan fingerprint density at radius 2 is 0.953 bits per heavy atom. The molecular weight excluding hydrogens is 864 g/mol. The van der Waals surface area contributed by atoms with Crippen LogP contribution in [0.3, 0.4) is 0 Å². The number of anilines is 1. The molecule has 6 aromatic rings. The Balaban J connectivity index is 0.000000144. The summed E-state index contributed by atoms with van der Waals surface area (Å²) in [5.41, 5.74) is -0.905. The molecule has 0 unspecified atom stereocenters. The monoisotopic (exact) mass is 897 g/mol. The van der Waals surface area contributed by atoms with Gasteiger partial charge in [0, 0.05) is 58.8 Å². The lowest BCUT2D eigenvalue weighted by molar-refractivity contribution is -0.386. The smallest absolute Gasteiger partial charge is 0.341 e. The first-order valence-electron chi connectivity index (χ1n) is 19.3. The number of hydrogen-bond donors (Lipinski definition) is 4. The maximum Gasteiger partial charge on any atom is 0.341 e. The van der Waals surface area contributed by atoms with Gasteiger partial charge < -0.3 is 34.8 Å². The molecule has 0 atom stereocenters. The third-order valence-corrected chi connectivity index (χ3v) is 11.3. The van der Waals surface area contributed by atoms with Crippen molar-refractivity contribution in [2.24, 2.45) is 0 Å². The number of aryl methyl sites for hydroxylation is 3. The number of fused-ring (bicyclic) bond motifs is 3. The van der Waals surface area contributed by atoms with Crippen molar-refractivity contribution in [3.8, 4) is 0 Å². The van der Waals surface area contributed by atoms with Gasteiger partial charge in [0.15, 0.2) is 29.1 Å². The molecule has 3 aliphatic rings. The number of nitrogens with two attached hydrogens (primary N) is 1. The van der Waals surface area contributed by atoms with Crippen LogP contribution in [0.4, 0.5) is 37.7 Å². The van der Waals surface area contributed by atoms with E-state index in [2.05, 4.69) is 0 Å². The largest absolute Gasteiger partial charge is 0.477 e. The molecular formula is C42H33F6N5O11. The highest BCUT2D eigenvalue weighted by Crippen LogP contribution is 2.42. The van der Waals surface area contributed by atoms with Crippen LogP contribution in [-0.4, -0.2) is 51.9 Å². The molecule has 3 aliphatic carbocycles. The molecule has 3 aromatic carbocycles. The van der Waals surface area contributed by atoms with Gasteiger partial charge in [0.2, 0.25) is 22.1 Å².